The number of pyridine rings is 1. The zero-order valence-electron chi connectivity index (χ0n) is 10.4. The monoisotopic (exact) mass is 262 g/mol. The quantitative estimate of drug-likeness (QED) is 0.915. The minimum atomic E-state index is 0.667. The molecule has 1 aromatic carbocycles. The molecule has 1 heterocycles. The maximum absolute atomic E-state index is 5.96. The molecule has 4 heteroatoms. The number of halogens is 1. The average molecular weight is 263 g/mol. The summed E-state index contributed by atoms with van der Waals surface area (Å²) in [5, 5.41) is 3.72. The van der Waals surface area contributed by atoms with E-state index < -0.39 is 0 Å². The maximum Gasteiger partial charge on any atom is 0.131 e. The first-order chi connectivity index (χ1) is 8.69. The lowest BCUT2D eigenvalue weighted by Crippen LogP contribution is -2.06. The standard InChI is InChI=1S/C14H15ClN2O/c1-10-3-4-11(15)7-14(10)18-13-5-6-17-12(8-13)9-16-2/h3-8,16H,9H2,1-2H3. The van der Waals surface area contributed by atoms with Crippen molar-refractivity contribution in [3.8, 4) is 11.5 Å². The van der Waals surface area contributed by atoms with Crippen LogP contribution in [0.2, 0.25) is 5.02 Å². The molecule has 1 N–H and O–H groups in total. The largest absolute Gasteiger partial charge is 0.457 e. The van der Waals surface area contributed by atoms with E-state index in [0.29, 0.717) is 11.6 Å². The number of nitrogens with zero attached hydrogens (tertiary/aromatic N) is 1. The molecular formula is C14H15ClN2O. The van der Waals surface area contributed by atoms with Crippen molar-refractivity contribution in [1.29, 1.82) is 0 Å². The van der Waals surface area contributed by atoms with E-state index in [2.05, 4.69) is 10.3 Å². The van der Waals surface area contributed by atoms with Crippen LogP contribution in [0.4, 0.5) is 0 Å². The molecule has 2 rings (SSSR count). The number of aromatic nitrogens is 1. The van der Waals surface area contributed by atoms with Gasteiger partial charge in [0.25, 0.3) is 0 Å². The fourth-order valence-electron chi connectivity index (χ4n) is 1.61. The van der Waals surface area contributed by atoms with Gasteiger partial charge in [0.05, 0.1) is 5.69 Å². The Morgan fingerprint density at radius 3 is 2.89 bits per heavy atom. The van der Waals surface area contributed by atoms with Gasteiger partial charge in [0.15, 0.2) is 0 Å². The molecule has 0 atom stereocenters. The Morgan fingerprint density at radius 1 is 1.28 bits per heavy atom. The van der Waals surface area contributed by atoms with Crippen molar-refractivity contribution >= 4 is 11.6 Å². The van der Waals surface area contributed by atoms with Crippen LogP contribution in [0.15, 0.2) is 36.5 Å². The maximum atomic E-state index is 5.96. The topological polar surface area (TPSA) is 34.1 Å². The van der Waals surface area contributed by atoms with Crippen LogP contribution >= 0.6 is 11.6 Å². The van der Waals surface area contributed by atoms with Gasteiger partial charge in [-0.1, -0.05) is 17.7 Å². The predicted molar refractivity (Wildman–Crippen MR) is 73.3 cm³/mol. The Kier molecular flexibility index (Phi) is 4.18. The van der Waals surface area contributed by atoms with Crippen molar-refractivity contribution in [3.63, 3.8) is 0 Å². The first kappa shape index (κ1) is 12.9. The van der Waals surface area contributed by atoms with Crippen LogP contribution in [0, 0.1) is 6.92 Å². The molecule has 0 radical (unpaired) electrons. The SMILES string of the molecule is CNCc1cc(Oc2cc(Cl)ccc2C)ccn1. The second-order valence-electron chi connectivity index (χ2n) is 4.03. The van der Waals surface area contributed by atoms with E-state index in [1.165, 1.54) is 0 Å². The molecule has 0 amide bonds. The smallest absolute Gasteiger partial charge is 0.131 e. The Morgan fingerprint density at radius 2 is 2.11 bits per heavy atom. The van der Waals surface area contributed by atoms with Crippen molar-refractivity contribution in [2.75, 3.05) is 7.05 Å². The van der Waals surface area contributed by atoms with E-state index in [1.54, 1.807) is 6.20 Å². The fourth-order valence-corrected chi connectivity index (χ4v) is 1.77. The van der Waals surface area contributed by atoms with Gasteiger partial charge < -0.3 is 10.1 Å². The second kappa shape index (κ2) is 5.85. The Labute approximate surface area is 112 Å². The summed E-state index contributed by atoms with van der Waals surface area (Å²) in [5.41, 5.74) is 1.99. The van der Waals surface area contributed by atoms with Crippen LogP contribution in [0.25, 0.3) is 0 Å². The molecule has 0 spiro atoms. The Balaban J connectivity index is 2.22. The summed E-state index contributed by atoms with van der Waals surface area (Å²) in [6, 6.07) is 9.35. The van der Waals surface area contributed by atoms with Crippen LogP contribution in [-0.2, 0) is 6.54 Å². The Hall–Kier alpha value is -1.58. The third kappa shape index (κ3) is 3.22. The van der Waals surface area contributed by atoms with Gasteiger partial charge in [-0.05, 0) is 37.7 Å². The van der Waals surface area contributed by atoms with E-state index in [9.17, 15) is 0 Å². The van der Waals surface area contributed by atoms with Crippen molar-refractivity contribution in [3.05, 3.63) is 52.8 Å². The number of hydrogen-bond acceptors (Lipinski definition) is 3. The highest BCUT2D eigenvalue weighted by Crippen LogP contribution is 2.27. The summed E-state index contributed by atoms with van der Waals surface area (Å²) >= 11 is 5.96. The minimum Gasteiger partial charge on any atom is -0.457 e. The highest BCUT2D eigenvalue weighted by molar-refractivity contribution is 6.30. The minimum absolute atomic E-state index is 0.667. The number of benzene rings is 1. The van der Waals surface area contributed by atoms with Crippen LogP contribution in [-0.4, -0.2) is 12.0 Å². The van der Waals surface area contributed by atoms with Gasteiger partial charge in [-0.25, -0.2) is 0 Å². The number of aryl methyl sites for hydroxylation is 1. The van der Waals surface area contributed by atoms with Crippen molar-refractivity contribution in [1.82, 2.24) is 10.3 Å². The molecule has 0 aliphatic heterocycles. The van der Waals surface area contributed by atoms with E-state index in [0.717, 1.165) is 22.8 Å². The molecule has 0 saturated heterocycles. The van der Waals surface area contributed by atoms with Crippen LogP contribution in [0.3, 0.4) is 0 Å². The molecule has 0 saturated carbocycles. The van der Waals surface area contributed by atoms with Gasteiger partial charge >= 0.3 is 0 Å². The molecular weight excluding hydrogens is 248 g/mol. The molecule has 3 nitrogen and oxygen atoms in total. The highest BCUT2D eigenvalue weighted by atomic mass is 35.5. The van der Waals surface area contributed by atoms with Gasteiger partial charge in [0.2, 0.25) is 0 Å². The average Bonchev–Trinajstić information content (AvgIpc) is 2.35. The number of nitrogens with one attached hydrogen (secondary N) is 1. The zero-order valence-corrected chi connectivity index (χ0v) is 11.2. The third-order valence-electron chi connectivity index (χ3n) is 2.52. The molecule has 0 aliphatic rings. The number of rotatable bonds is 4. The van der Waals surface area contributed by atoms with Crippen LogP contribution in [0.5, 0.6) is 11.5 Å². The normalized spacial score (nSPS) is 10.4. The third-order valence-corrected chi connectivity index (χ3v) is 2.76. The Bertz CT molecular complexity index is 543. The molecule has 0 unspecified atom stereocenters. The summed E-state index contributed by atoms with van der Waals surface area (Å²) in [4.78, 5) is 4.24. The first-order valence-corrected chi connectivity index (χ1v) is 6.10. The molecule has 0 bridgehead atoms. The fraction of sp³-hybridized carbons (Fsp3) is 0.214. The van der Waals surface area contributed by atoms with Gasteiger partial charge in [-0.2, -0.15) is 0 Å². The first-order valence-electron chi connectivity index (χ1n) is 5.72. The number of hydrogen-bond donors (Lipinski definition) is 1. The molecule has 0 fully saturated rings. The van der Waals surface area contributed by atoms with E-state index in [-0.39, 0.29) is 0 Å². The summed E-state index contributed by atoms with van der Waals surface area (Å²) in [6.07, 6.45) is 1.74. The van der Waals surface area contributed by atoms with Gasteiger partial charge in [0.1, 0.15) is 11.5 Å². The molecule has 94 valence electrons. The van der Waals surface area contributed by atoms with Gasteiger partial charge in [0, 0.05) is 23.8 Å². The van der Waals surface area contributed by atoms with Crippen LogP contribution in [0.1, 0.15) is 11.3 Å². The molecule has 2 aromatic rings. The lowest BCUT2D eigenvalue weighted by Gasteiger charge is -2.09. The predicted octanol–water partition coefficient (Wildman–Crippen LogP) is 3.56. The van der Waals surface area contributed by atoms with E-state index in [1.807, 2.05) is 44.3 Å². The summed E-state index contributed by atoms with van der Waals surface area (Å²) in [5.74, 6) is 1.53. The van der Waals surface area contributed by atoms with Crippen molar-refractivity contribution in [2.24, 2.45) is 0 Å². The summed E-state index contributed by atoms with van der Waals surface area (Å²) in [6.45, 7) is 2.70. The van der Waals surface area contributed by atoms with E-state index >= 15 is 0 Å². The van der Waals surface area contributed by atoms with Crippen LogP contribution < -0.4 is 10.1 Å². The number of ether oxygens (including phenoxy) is 1. The highest BCUT2D eigenvalue weighted by Gasteiger charge is 2.03. The van der Waals surface area contributed by atoms with Gasteiger partial charge in [-0.15, -0.1) is 0 Å². The van der Waals surface area contributed by atoms with Gasteiger partial charge in [-0.3, -0.25) is 4.98 Å². The molecule has 0 aliphatic carbocycles. The lowest BCUT2D eigenvalue weighted by molar-refractivity contribution is 0.477. The lowest BCUT2D eigenvalue weighted by atomic mass is 10.2. The van der Waals surface area contributed by atoms with Crippen molar-refractivity contribution < 1.29 is 4.74 Å². The molecule has 18 heavy (non-hydrogen) atoms. The molecule has 1 aromatic heterocycles. The second-order valence-corrected chi connectivity index (χ2v) is 4.46. The zero-order chi connectivity index (χ0) is 13.0. The van der Waals surface area contributed by atoms with Crippen molar-refractivity contribution in [2.45, 2.75) is 13.5 Å². The summed E-state index contributed by atoms with van der Waals surface area (Å²) in [7, 11) is 1.89. The summed E-state index contributed by atoms with van der Waals surface area (Å²) < 4.78 is 5.82. The van der Waals surface area contributed by atoms with E-state index in [4.69, 9.17) is 16.3 Å².